The molecule has 0 radical (unpaired) electrons. The van der Waals surface area contributed by atoms with Crippen molar-refractivity contribution in [2.75, 3.05) is 6.61 Å². The number of aryl methyl sites for hydroxylation is 1. The van der Waals surface area contributed by atoms with Crippen molar-refractivity contribution >= 4 is 5.97 Å². The van der Waals surface area contributed by atoms with E-state index in [1.165, 1.54) is 37.1 Å². The smallest absolute Gasteiger partial charge is 0.339 e. The number of carbonyl (C=O) groups is 1. The first kappa shape index (κ1) is 10.9. The normalized spacial score (nSPS) is 22.1. The SMILES string of the molecule is CCOC(=O)c1cc2n3c1CCC[C@H]3CCC2. The van der Waals surface area contributed by atoms with E-state index in [2.05, 4.69) is 10.6 Å². The second kappa shape index (κ2) is 4.21. The van der Waals surface area contributed by atoms with Gasteiger partial charge in [-0.2, -0.15) is 0 Å². The second-order valence-corrected chi connectivity index (χ2v) is 5.02. The summed E-state index contributed by atoms with van der Waals surface area (Å²) >= 11 is 0. The highest BCUT2D eigenvalue weighted by atomic mass is 16.5. The van der Waals surface area contributed by atoms with Gasteiger partial charge in [0, 0.05) is 17.4 Å². The van der Waals surface area contributed by atoms with Gasteiger partial charge in [-0.05, 0) is 51.5 Å². The zero-order valence-electron chi connectivity index (χ0n) is 10.4. The zero-order valence-corrected chi connectivity index (χ0v) is 10.4. The predicted molar refractivity (Wildman–Crippen MR) is 65.3 cm³/mol. The van der Waals surface area contributed by atoms with E-state index in [9.17, 15) is 4.79 Å². The first-order valence-corrected chi connectivity index (χ1v) is 6.71. The number of carbonyl (C=O) groups excluding carboxylic acids is 1. The van der Waals surface area contributed by atoms with Crippen molar-refractivity contribution in [3.63, 3.8) is 0 Å². The Hall–Kier alpha value is -1.25. The number of hydrogen-bond donors (Lipinski definition) is 0. The van der Waals surface area contributed by atoms with E-state index in [-0.39, 0.29) is 5.97 Å². The van der Waals surface area contributed by atoms with E-state index in [1.54, 1.807) is 0 Å². The lowest BCUT2D eigenvalue weighted by atomic mass is 9.94. The molecule has 0 spiro atoms. The third-order valence-electron chi connectivity index (χ3n) is 4.00. The molecule has 17 heavy (non-hydrogen) atoms. The second-order valence-electron chi connectivity index (χ2n) is 5.02. The van der Waals surface area contributed by atoms with E-state index >= 15 is 0 Å². The van der Waals surface area contributed by atoms with Crippen molar-refractivity contribution in [1.29, 1.82) is 0 Å². The summed E-state index contributed by atoms with van der Waals surface area (Å²) in [6.07, 6.45) is 7.17. The number of nitrogens with zero attached hydrogens (tertiary/aromatic N) is 1. The molecule has 0 fully saturated rings. The highest BCUT2D eigenvalue weighted by molar-refractivity contribution is 5.91. The van der Waals surface area contributed by atoms with Crippen LogP contribution in [0.5, 0.6) is 0 Å². The minimum absolute atomic E-state index is 0.134. The number of esters is 1. The molecule has 1 aromatic heterocycles. The van der Waals surface area contributed by atoms with Gasteiger partial charge >= 0.3 is 5.97 Å². The Bertz CT molecular complexity index is 445. The molecule has 0 bridgehead atoms. The van der Waals surface area contributed by atoms with E-state index in [0.717, 1.165) is 18.4 Å². The summed E-state index contributed by atoms with van der Waals surface area (Å²) in [7, 11) is 0. The average Bonchev–Trinajstić information content (AvgIpc) is 2.72. The van der Waals surface area contributed by atoms with Gasteiger partial charge in [-0.1, -0.05) is 0 Å². The summed E-state index contributed by atoms with van der Waals surface area (Å²) in [6.45, 7) is 2.32. The van der Waals surface area contributed by atoms with E-state index < -0.39 is 0 Å². The molecule has 0 N–H and O–H groups in total. The molecule has 0 aromatic carbocycles. The Morgan fingerprint density at radius 3 is 2.94 bits per heavy atom. The minimum atomic E-state index is -0.134. The monoisotopic (exact) mass is 233 g/mol. The van der Waals surface area contributed by atoms with Gasteiger partial charge in [-0.15, -0.1) is 0 Å². The van der Waals surface area contributed by atoms with Gasteiger partial charge in [0.05, 0.1) is 12.2 Å². The maximum Gasteiger partial charge on any atom is 0.339 e. The summed E-state index contributed by atoms with van der Waals surface area (Å²) in [5.74, 6) is -0.134. The summed E-state index contributed by atoms with van der Waals surface area (Å²) in [6, 6.07) is 2.72. The van der Waals surface area contributed by atoms with Gasteiger partial charge in [0.1, 0.15) is 0 Å². The molecule has 0 aliphatic carbocycles. The molecule has 0 unspecified atom stereocenters. The lowest BCUT2D eigenvalue weighted by Gasteiger charge is -2.32. The predicted octanol–water partition coefficient (Wildman–Crippen LogP) is 2.88. The van der Waals surface area contributed by atoms with Crippen molar-refractivity contribution < 1.29 is 9.53 Å². The first-order chi connectivity index (χ1) is 8.31. The highest BCUT2D eigenvalue weighted by Crippen LogP contribution is 2.37. The fourth-order valence-corrected chi connectivity index (χ4v) is 3.34. The molecule has 1 aromatic rings. The summed E-state index contributed by atoms with van der Waals surface area (Å²) in [5.41, 5.74) is 3.40. The van der Waals surface area contributed by atoms with Crippen LogP contribution in [0.15, 0.2) is 6.07 Å². The van der Waals surface area contributed by atoms with Crippen LogP contribution in [0.3, 0.4) is 0 Å². The van der Waals surface area contributed by atoms with Crippen LogP contribution in [0, 0.1) is 0 Å². The molecule has 1 atom stereocenters. The fourth-order valence-electron chi connectivity index (χ4n) is 3.34. The van der Waals surface area contributed by atoms with Crippen LogP contribution in [0.2, 0.25) is 0 Å². The van der Waals surface area contributed by atoms with E-state index in [0.29, 0.717) is 12.6 Å². The van der Waals surface area contributed by atoms with Gasteiger partial charge in [0.15, 0.2) is 0 Å². The Kier molecular flexibility index (Phi) is 2.69. The van der Waals surface area contributed by atoms with Crippen LogP contribution < -0.4 is 0 Å². The van der Waals surface area contributed by atoms with Crippen molar-refractivity contribution in [1.82, 2.24) is 4.57 Å². The van der Waals surface area contributed by atoms with E-state index in [4.69, 9.17) is 4.74 Å². The van der Waals surface area contributed by atoms with Crippen molar-refractivity contribution in [3.05, 3.63) is 23.0 Å². The number of rotatable bonds is 2. The molecule has 3 heteroatoms. The van der Waals surface area contributed by atoms with Gasteiger partial charge in [0.2, 0.25) is 0 Å². The molecule has 0 amide bonds. The van der Waals surface area contributed by atoms with Crippen LogP contribution in [0.1, 0.15) is 60.4 Å². The lowest BCUT2D eigenvalue weighted by Crippen LogP contribution is -2.24. The number of ether oxygens (including phenoxy) is 1. The van der Waals surface area contributed by atoms with Crippen LogP contribution in [-0.4, -0.2) is 17.1 Å². The van der Waals surface area contributed by atoms with Crippen LogP contribution in [0.25, 0.3) is 0 Å². The standard InChI is InChI=1S/C14H19NO2/c1-2-17-14(16)12-9-11-7-3-5-10-6-4-8-13(12)15(10)11/h9-10H,2-8H2,1H3/t10-/m1/s1. The maximum atomic E-state index is 11.9. The maximum absolute atomic E-state index is 11.9. The van der Waals surface area contributed by atoms with Gasteiger partial charge in [-0.3, -0.25) is 0 Å². The minimum Gasteiger partial charge on any atom is -0.462 e. The number of aromatic nitrogens is 1. The van der Waals surface area contributed by atoms with Crippen LogP contribution in [-0.2, 0) is 17.6 Å². The van der Waals surface area contributed by atoms with Crippen molar-refractivity contribution in [2.24, 2.45) is 0 Å². The Balaban J connectivity index is 2.04. The first-order valence-electron chi connectivity index (χ1n) is 6.71. The van der Waals surface area contributed by atoms with Crippen LogP contribution in [0.4, 0.5) is 0 Å². The van der Waals surface area contributed by atoms with Gasteiger partial charge in [-0.25, -0.2) is 4.79 Å². The molecule has 2 aliphatic rings. The number of hydrogen-bond acceptors (Lipinski definition) is 2. The molecule has 2 aliphatic heterocycles. The fraction of sp³-hybridized carbons (Fsp3) is 0.643. The summed E-state index contributed by atoms with van der Waals surface area (Å²) in [5, 5.41) is 0. The molecule has 3 heterocycles. The lowest BCUT2D eigenvalue weighted by molar-refractivity contribution is 0.0524. The molecule has 0 saturated heterocycles. The molecule has 3 rings (SSSR count). The quantitative estimate of drug-likeness (QED) is 0.735. The van der Waals surface area contributed by atoms with Crippen molar-refractivity contribution in [3.8, 4) is 0 Å². The zero-order chi connectivity index (χ0) is 11.8. The Morgan fingerprint density at radius 2 is 2.18 bits per heavy atom. The summed E-state index contributed by atoms with van der Waals surface area (Å²) in [4.78, 5) is 11.9. The van der Waals surface area contributed by atoms with Gasteiger partial charge in [0.25, 0.3) is 0 Å². The molecule has 3 nitrogen and oxygen atoms in total. The van der Waals surface area contributed by atoms with Gasteiger partial charge < -0.3 is 9.30 Å². The molecular formula is C14H19NO2. The molecule has 92 valence electrons. The molecule has 0 saturated carbocycles. The largest absolute Gasteiger partial charge is 0.462 e. The topological polar surface area (TPSA) is 31.2 Å². The highest BCUT2D eigenvalue weighted by Gasteiger charge is 2.30. The average molecular weight is 233 g/mol. The van der Waals surface area contributed by atoms with E-state index in [1.807, 2.05) is 6.92 Å². The van der Waals surface area contributed by atoms with Crippen molar-refractivity contribution in [2.45, 2.75) is 51.5 Å². The molecular weight excluding hydrogens is 214 g/mol. The van der Waals surface area contributed by atoms with Crippen LogP contribution >= 0.6 is 0 Å². The third-order valence-corrected chi connectivity index (χ3v) is 4.00. The Labute approximate surface area is 102 Å². The Morgan fingerprint density at radius 1 is 1.41 bits per heavy atom. The summed E-state index contributed by atoms with van der Waals surface area (Å²) < 4.78 is 7.59. The third kappa shape index (κ3) is 1.68.